The number of hydrogen-bond acceptors (Lipinski definition) is 2. The number of hydrogen-bond donors (Lipinski definition) is 0. The zero-order valence-electron chi connectivity index (χ0n) is 14.5. The molecule has 0 bridgehead atoms. The predicted octanol–water partition coefficient (Wildman–Crippen LogP) is 5.06. The minimum absolute atomic E-state index is 0.0789. The van der Waals surface area contributed by atoms with Crippen molar-refractivity contribution in [2.75, 3.05) is 0 Å². The van der Waals surface area contributed by atoms with E-state index < -0.39 is 0 Å². The third kappa shape index (κ3) is 6.98. The van der Waals surface area contributed by atoms with E-state index in [0.717, 1.165) is 0 Å². The van der Waals surface area contributed by atoms with Crippen molar-refractivity contribution in [1.82, 2.24) is 0 Å². The minimum Gasteiger partial charge on any atom is -0.460 e. The fourth-order valence-electron chi connectivity index (χ4n) is 2.39. The summed E-state index contributed by atoms with van der Waals surface area (Å²) in [6.07, 6.45) is 1.71. The van der Waals surface area contributed by atoms with Gasteiger partial charge in [0.2, 0.25) is 0 Å². The van der Waals surface area contributed by atoms with E-state index in [2.05, 4.69) is 41.5 Å². The lowest BCUT2D eigenvalue weighted by Crippen LogP contribution is -2.33. The SMILES string of the molecule is CC(C)C[C@H](C)C(C)(C)[C@@H](C)CC(=O)OC(C)(C)C. The van der Waals surface area contributed by atoms with Gasteiger partial charge in [0.05, 0.1) is 0 Å². The van der Waals surface area contributed by atoms with Crippen molar-refractivity contribution in [2.24, 2.45) is 23.2 Å². The van der Waals surface area contributed by atoms with Crippen molar-refractivity contribution in [2.45, 2.75) is 80.8 Å². The topological polar surface area (TPSA) is 26.3 Å². The second kappa shape index (κ2) is 6.76. The Morgan fingerprint density at radius 3 is 1.79 bits per heavy atom. The molecule has 2 nitrogen and oxygen atoms in total. The first-order chi connectivity index (χ1) is 8.36. The Morgan fingerprint density at radius 2 is 1.42 bits per heavy atom. The summed E-state index contributed by atoms with van der Waals surface area (Å²) in [4.78, 5) is 11.9. The van der Waals surface area contributed by atoms with E-state index >= 15 is 0 Å². The summed E-state index contributed by atoms with van der Waals surface area (Å²) in [5.41, 5.74) is -0.230. The summed E-state index contributed by atoms with van der Waals surface area (Å²) in [6, 6.07) is 0. The lowest BCUT2D eigenvalue weighted by molar-refractivity contribution is -0.157. The van der Waals surface area contributed by atoms with Gasteiger partial charge in [-0.25, -0.2) is 0 Å². The van der Waals surface area contributed by atoms with Gasteiger partial charge in [-0.15, -0.1) is 0 Å². The molecule has 0 N–H and O–H groups in total. The molecule has 0 aromatic rings. The number of carbonyl (C=O) groups excluding carboxylic acids is 1. The molecule has 0 aromatic heterocycles. The molecule has 0 saturated carbocycles. The van der Waals surface area contributed by atoms with E-state index in [9.17, 15) is 4.79 Å². The minimum atomic E-state index is -0.384. The standard InChI is InChI=1S/C17H34O2/c1-12(2)10-13(3)17(8,9)14(4)11-15(18)19-16(5,6)7/h12-14H,10-11H2,1-9H3/t13-,14-/m0/s1. The molecule has 0 radical (unpaired) electrons. The molecule has 0 aliphatic rings. The van der Waals surface area contributed by atoms with Gasteiger partial charge in [0.15, 0.2) is 0 Å². The largest absolute Gasteiger partial charge is 0.460 e. The van der Waals surface area contributed by atoms with E-state index in [0.29, 0.717) is 24.2 Å². The smallest absolute Gasteiger partial charge is 0.306 e. The third-order valence-corrected chi connectivity index (χ3v) is 4.26. The van der Waals surface area contributed by atoms with E-state index in [1.165, 1.54) is 6.42 Å². The first-order valence-electron chi connectivity index (χ1n) is 7.58. The van der Waals surface area contributed by atoms with Crippen LogP contribution in [-0.2, 0) is 9.53 Å². The molecule has 0 amide bonds. The van der Waals surface area contributed by atoms with Gasteiger partial charge in [0, 0.05) is 6.42 Å². The summed E-state index contributed by atoms with van der Waals surface area (Å²) < 4.78 is 5.43. The van der Waals surface area contributed by atoms with E-state index in [-0.39, 0.29) is 17.0 Å². The van der Waals surface area contributed by atoms with Gasteiger partial charge >= 0.3 is 5.97 Å². The Labute approximate surface area is 120 Å². The Bertz CT molecular complexity index is 284. The van der Waals surface area contributed by atoms with Crippen LogP contribution in [0.5, 0.6) is 0 Å². The number of esters is 1. The highest BCUT2D eigenvalue weighted by molar-refractivity contribution is 5.70. The van der Waals surface area contributed by atoms with Crippen LogP contribution in [0.1, 0.15) is 75.2 Å². The average molecular weight is 270 g/mol. The van der Waals surface area contributed by atoms with E-state index in [1.54, 1.807) is 0 Å². The fourth-order valence-corrected chi connectivity index (χ4v) is 2.39. The molecule has 2 heteroatoms. The van der Waals surface area contributed by atoms with Crippen LogP contribution in [0.3, 0.4) is 0 Å². The molecule has 0 spiro atoms. The van der Waals surface area contributed by atoms with Gasteiger partial charge in [0.25, 0.3) is 0 Å². The highest BCUT2D eigenvalue weighted by atomic mass is 16.6. The zero-order valence-corrected chi connectivity index (χ0v) is 14.5. The van der Waals surface area contributed by atoms with Crippen LogP contribution in [0, 0.1) is 23.2 Å². The predicted molar refractivity (Wildman–Crippen MR) is 82.0 cm³/mol. The molecule has 0 fully saturated rings. The number of carbonyl (C=O) groups is 1. The molecule has 0 heterocycles. The first-order valence-corrected chi connectivity index (χ1v) is 7.58. The van der Waals surface area contributed by atoms with Crippen molar-refractivity contribution in [3.05, 3.63) is 0 Å². The van der Waals surface area contributed by atoms with Crippen LogP contribution < -0.4 is 0 Å². The molecule has 114 valence electrons. The third-order valence-electron chi connectivity index (χ3n) is 4.26. The molecule has 19 heavy (non-hydrogen) atoms. The Morgan fingerprint density at radius 1 is 0.947 bits per heavy atom. The van der Waals surface area contributed by atoms with Gasteiger partial charge < -0.3 is 4.74 Å². The van der Waals surface area contributed by atoms with Crippen LogP contribution in [-0.4, -0.2) is 11.6 Å². The number of ether oxygens (including phenoxy) is 1. The second-order valence-electron chi connectivity index (χ2n) is 8.04. The summed E-state index contributed by atoms with van der Waals surface area (Å²) in [5.74, 6) is 1.55. The van der Waals surface area contributed by atoms with Crippen molar-refractivity contribution in [3.8, 4) is 0 Å². The van der Waals surface area contributed by atoms with Crippen molar-refractivity contribution in [3.63, 3.8) is 0 Å². The zero-order chi connectivity index (χ0) is 15.4. The maximum absolute atomic E-state index is 11.9. The highest BCUT2D eigenvalue weighted by Crippen LogP contribution is 2.40. The first kappa shape index (κ1) is 18.5. The highest BCUT2D eigenvalue weighted by Gasteiger charge is 2.34. The molecule has 0 aliphatic heterocycles. The average Bonchev–Trinajstić information content (AvgIpc) is 2.12. The van der Waals surface area contributed by atoms with E-state index in [4.69, 9.17) is 4.74 Å². The summed E-state index contributed by atoms with van der Waals surface area (Å²) in [5, 5.41) is 0. The van der Waals surface area contributed by atoms with Crippen LogP contribution in [0.15, 0.2) is 0 Å². The van der Waals surface area contributed by atoms with Crippen LogP contribution >= 0.6 is 0 Å². The maximum atomic E-state index is 11.9. The van der Waals surface area contributed by atoms with Crippen LogP contribution in [0.4, 0.5) is 0 Å². The van der Waals surface area contributed by atoms with Gasteiger partial charge in [-0.2, -0.15) is 0 Å². The Hall–Kier alpha value is -0.530. The van der Waals surface area contributed by atoms with Crippen molar-refractivity contribution >= 4 is 5.97 Å². The lowest BCUT2D eigenvalue weighted by atomic mass is 9.67. The van der Waals surface area contributed by atoms with Gasteiger partial charge in [0.1, 0.15) is 5.60 Å². The van der Waals surface area contributed by atoms with Crippen LogP contribution in [0.2, 0.25) is 0 Å². The molecule has 0 aromatic carbocycles. The molecule has 0 aliphatic carbocycles. The van der Waals surface area contributed by atoms with Crippen molar-refractivity contribution in [1.29, 1.82) is 0 Å². The van der Waals surface area contributed by atoms with Gasteiger partial charge in [-0.3, -0.25) is 4.79 Å². The maximum Gasteiger partial charge on any atom is 0.306 e. The fraction of sp³-hybridized carbons (Fsp3) is 0.941. The lowest BCUT2D eigenvalue weighted by Gasteiger charge is -2.38. The molecule has 2 atom stereocenters. The Balaban J connectivity index is 4.54. The number of rotatable bonds is 6. The quantitative estimate of drug-likeness (QED) is 0.630. The van der Waals surface area contributed by atoms with Crippen molar-refractivity contribution < 1.29 is 9.53 Å². The monoisotopic (exact) mass is 270 g/mol. The molecule has 0 saturated heterocycles. The second-order valence-corrected chi connectivity index (χ2v) is 8.04. The summed E-state index contributed by atoms with van der Waals surface area (Å²) >= 11 is 0. The van der Waals surface area contributed by atoms with Gasteiger partial charge in [-0.05, 0) is 50.4 Å². The summed E-state index contributed by atoms with van der Waals surface area (Å²) in [7, 11) is 0. The molecule has 0 unspecified atom stereocenters. The molecular formula is C17H34O2. The van der Waals surface area contributed by atoms with Crippen LogP contribution in [0.25, 0.3) is 0 Å². The van der Waals surface area contributed by atoms with Gasteiger partial charge in [-0.1, -0.05) is 41.5 Å². The normalized spacial score (nSPS) is 16.3. The van der Waals surface area contributed by atoms with E-state index in [1.807, 2.05) is 20.8 Å². The molecular weight excluding hydrogens is 236 g/mol. The summed E-state index contributed by atoms with van der Waals surface area (Å²) in [6.45, 7) is 19.3. The Kier molecular flexibility index (Phi) is 6.57. The molecule has 0 rings (SSSR count).